The van der Waals surface area contributed by atoms with E-state index in [1.165, 1.54) is 16.7 Å². The van der Waals surface area contributed by atoms with E-state index in [2.05, 4.69) is 48.2 Å². The van der Waals surface area contributed by atoms with E-state index < -0.39 is 5.97 Å². The summed E-state index contributed by atoms with van der Waals surface area (Å²) >= 11 is 0. The SMILES string of the molecule is O=C(C#CCCc1ccc(-c2ccccc2)cc1)OCc1ccccc1. The van der Waals surface area contributed by atoms with E-state index in [4.69, 9.17) is 4.74 Å². The Labute approximate surface area is 154 Å². The summed E-state index contributed by atoms with van der Waals surface area (Å²) in [6.07, 6.45) is 1.44. The molecule has 0 spiro atoms. The number of esters is 1. The largest absolute Gasteiger partial charge is 0.451 e. The van der Waals surface area contributed by atoms with Crippen LogP contribution in [0.2, 0.25) is 0 Å². The predicted octanol–water partition coefficient (Wildman–Crippen LogP) is 5.03. The van der Waals surface area contributed by atoms with Gasteiger partial charge in [0.1, 0.15) is 6.61 Å². The van der Waals surface area contributed by atoms with Crippen molar-refractivity contribution in [2.45, 2.75) is 19.4 Å². The van der Waals surface area contributed by atoms with Crippen LogP contribution < -0.4 is 0 Å². The molecule has 0 amide bonds. The second-order valence-electron chi connectivity index (χ2n) is 5.93. The number of benzene rings is 3. The Bertz CT molecular complexity index is 886. The molecule has 3 aromatic rings. The Kier molecular flexibility index (Phi) is 6.23. The highest BCUT2D eigenvalue weighted by Gasteiger charge is 1.99. The van der Waals surface area contributed by atoms with Crippen molar-refractivity contribution in [2.75, 3.05) is 0 Å². The summed E-state index contributed by atoms with van der Waals surface area (Å²) in [5, 5.41) is 0. The van der Waals surface area contributed by atoms with Crippen molar-refractivity contribution in [3.8, 4) is 23.0 Å². The molecule has 2 heteroatoms. The van der Waals surface area contributed by atoms with Crippen LogP contribution in [0.3, 0.4) is 0 Å². The third-order valence-corrected chi connectivity index (χ3v) is 4.00. The maximum absolute atomic E-state index is 11.6. The van der Waals surface area contributed by atoms with E-state index in [0.717, 1.165) is 12.0 Å². The molecule has 0 aromatic heterocycles. The highest BCUT2D eigenvalue weighted by Crippen LogP contribution is 2.19. The minimum absolute atomic E-state index is 0.259. The molecule has 0 fully saturated rings. The minimum Gasteiger partial charge on any atom is -0.451 e. The Morgan fingerprint density at radius 1 is 0.731 bits per heavy atom. The third-order valence-electron chi connectivity index (χ3n) is 4.00. The molecule has 2 nitrogen and oxygen atoms in total. The number of carbonyl (C=O) groups excluding carboxylic acids is 1. The van der Waals surface area contributed by atoms with Gasteiger partial charge in [0.05, 0.1) is 0 Å². The van der Waals surface area contributed by atoms with E-state index in [1.807, 2.05) is 48.5 Å². The molecule has 0 unspecified atom stereocenters. The van der Waals surface area contributed by atoms with Crippen molar-refractivity contribution in [1.29, 1.82) is 0 Å². The van der Waals surface area contributed by atoms with Crippen molar-refractivity contribution in [3.05, 3.63) is 96.1 Å². The minimum atomic E-state index is -0.478. The number of aryl methyl sites for hydroxylation is 1. The van der Waals surface area contributed by atoms with E-state index in [9.17, 15) is 4.79 Å². The average molecular weight is 340 g/mol. The zero-order valence-electron chi connectivity index (χ0n) is 14.5. The van der Waals surface area contributed by atoms with E-state index in [0.29, 0.717) is 6.42 Å². The normalized spacial score (nSPS) is 9.85. The number of hydrogen-bond donors (Lipinski definition) is 0. The number of carbonyl (C=O) groups is 1. The van der Waals surface area contributed by atoms with Gasteiger partial charge < -0.3 is 4.74 Å². The van der Waals surface area contributed by atoms with Gasteiger partial charge in [0.15, 0.2) is 0 Å². The highest BCUT2D eigenvalue weighted by molar-refractivity contribution is 5.88. The van der Waals surface area contributed by atoms with Gasteiger partial charge in [-0.2, -0.15) is 0 Å². The smallest absolute Gasteiger partial charge is 0.384 e. The molecular weight excluding hydrogens is 320 g/mol. The molecular formula is C24H20O2. The zero-order valence-corrected chi connectivity index (χ0v) is 14.5. The Morgan fingerprint density at radius 3 is 2.04 bits per heavy atom. The summed E-state index contributed by atoms with van der Waals surface area (Å²) in [4.78, 5) is 11.6. The van der Waals surface area contributed by atoms with Gasteiger partial charge in [-0.05, 0) is 28.7 Å². The second-order valence-corrected chi connectivity index (χ2v) is 5.93. The fourth-order valence-corrected chi connectivity index (χ4v) is 2.60. The molecule has 0 saturated carbocycles. The summed E-state index contributed by atoms with van der Waals surface area (Å²) in [6.45, 7) is 0.259. The molecule has 3 rings (SSSR count). The van der Waals surface area contributed by atoms with Crippen molar-refractivity contribution in [1.82, 2.24) is 0 Å². The molecule has 0 aliphatic rings. The summed E-state index contributed by atoms with van der Waals surface area (Å²) < 4.78 is 5.13. The van der Waals surface area contributed by atoms with Crippen LogP contribution in [-0.4, -0.2) is 5.97 Å². The highest BCUT2D eigenvalue weighted by atomic mass is 16.5. The summed E-state index contributed by atoms with van der Waals surface area (Å²) in [6, 6.07) is 28.3. The van der Waals surface area contributed by atoms with Gasteiger partial charge in [-0.3, -0.25) is 0 Å². The first kappa shape index (κ1) is 17.5. The predicted molar refractivity (Wildman–Crippen MR) is 104 cm³/mol. The van der Waals surface area contributed by atoms with Crippen LogP contribution in [0.4, 0.5) is 0 Å². The van der Waals surface area contributed by atoms with Gasteiger partial charge in [0.2, 0.25) is 0 Å². The fourth-order valence-electron chi connectivity index (χ4n) is 2.60. The summed E-state index contributed by atoms with van der Waals surface area (Å²) in [7, 11) is 0. The lowest BCUT2D eigenvalue weighted by Gasteiger charge is -2.03. The van der Waals surface area contributed by atoms with Crippen molar-refractivity contribution >= 4 is 5.97 Å². The Hall–Kier alpha value is -3.31. The molecule has 0 heterocycles. The lowest BCUT2D eigenvalue weighted by atomic mass is 10.0. The Balaban J connectivity index is 1.45. The van der Waals surface area contributed by atoms with Gasteiger partial charge in [0, 0.05) is 12.3 Å². The Morgan fingerprint density at radius 2 is 1.35 bits per heavy atom. The molecule has 3 aromatic carbocycles. The molecule has 0 radical (unpaired) electrons. The van der Waals surface area contributed by atoms with E-state index >= 15 is 0 Å². The molecule has 0 N–H and O–H groups in total. The number of hydrogen-bond acceptors (Lipinski definition) is 2. The molecule has 128 valence electrons. The number of rotatable bonds is 5. The first-order valence-electron chi connectivity index (χ1n) is 8.65. The topological polar surface area (TPSA) is 26.3 Å². The molecule has 0 aliphatic carbocycles. The van der Waals surface area contributed by atoms with E-state index in [1.54, 1.807) is 0 Å². The first-order chi connectivity index (χ1) is 12.8. The maximum atomic E-state index is 11.6. The van der Waals surface area contributed by atoms with Gasteiger partial charge in [0.25, 0.3) is 0 Å². The summed E-state index contributed by atoms with van der Waals surface area (Å²) in [5.41, 5.74) is 4.57. The first-order valence-corrected chi connectivity index (χ1v) is 8.65. The van der Waals surface area contributed by atoms with Crippen LogP contribution >= 0.6 is 0 Å². The van der Waals surface area contributed by atoms with Crippen LogP contribution in [0, 0.1) is 11.8 Å². The molecule has 0 bridgehead atoms. The zero-order chi connectivity index (χ0) is 18.0. The van der Waals surface area contributed by atoms with Crippen LogP contribution in [0.15, 0.2) is 84.9 Å². The third kappa shape index (κ3) is 5.36. The summed E-state index contributed by atoms with van der Waals surface area (Å²) in [5.74, 6) is 4.96. The van der Waals surface area contributed by atoms with Gasteiger partial charge in [-0.15, -0.1) is 0 Å². The van der Waals surface area contributed by atoms with E-state index in [-0.39, 0.29) is 6.61 Å². The fraction of sp³-hybridized carbons (Fsp3) is 0.125. The lowest BCUT2D eigenvalue weighted by molar-refractivity contribution is -0.137. The van der Waals surface area contributed by atoms with Crippen LogP contribution in [-0.2, 0) is 22.6 Å². The molecule has 0 atom stereocenters. The molecule has 26 heavy (non-hydrogen) atoms. The average Bonchev–Trinajstić information content (AvgIpc) is 2.71. The standard InChI is InChI=1S/C24H20O2/c25-24(26-19-21-10-3-1-4-11-21)14-8-7-9-20-15-17-23(18-16-20)22-12-5-2-6-13-22/h1-6,10-13,15-18H,7,9,19H2. The van der Waals surface area contributed by atoms with Gasteiger partial charge in [-0.1, -0.05) is 90.8 Å². The van der Waals surface area contributed by atoms with Crippen LogP contribution in [0.25, 0.3) is 11.1 Å². The molecule has 0 aliphatic heterocycles. The quantitative estimate of drug-likeness (QED) is 0.370. The number of ether oxygens (including phenoxy) is 1. The van der Waals surface area contributed by atoms with Crippen molar-refractivity contribution in [2.24, 2.45) is 0 Å². The molecule has 0 saturated heterocycles. The van der Waals surface area contributed by atoms with Crippen molar-refractivity contribution < 1.29 is 9.53 Å². The maximum Gasteiger partial charge on any atom is 0.384 e. The van der Waals surface area contributed by atoms with Gasteiger partial charge >= 0.3 is 5.97 Å². The van der Waals surface area contributed by atoms with Crippen LogP contribution in [0.5, 0.6) is 0 Å². The monoisotopic (exact) mass is 340 g/mol. The lowest BCUT2D eigenvalue weighted by Crippen LogP contribution is -2.01. The van der Waals surface area contributed by atoms with Gasteiger partial charge in [-0.25, -0.2) is 4.79 Å². The van der Waals surface area contributed by atoms with Crippen LogP contribution in [0.1, 0.15) is 17.5 Å². The van der Waals surface area contributed by atoms with Crippen molar-refractivity contribution in [3.63, 3.8) is 0 Å². The second kappa shape index (κ2) is 9.25.